The zero-order chi connectivity index (χ0) is 12.3. The molecule has 0 radical (unpaired) electrons. The van der Waals surface area contributed by atoms with Crippen LogP contribution in [-0.2, 0) is 9.53 Å². The van der Waals surface area contributed by atoms with E-state index in [0.717, 1.165) is 11.1 Å². The highest BCUT2D eigenvalue weighted by molar-refractivity contribution is 6.24. The summed E-state index contributed by atoms with van der Waals surface area (Å²) in [4.78, 5) is 12.5. The molecule has 3 nitrogen and oxygen atoms in total. The van der Waals surface area contributed by atoms with E-state index in [9.17, 15) is 9.90 Å². The van der Waals surface area contributed by atoms with Gasteiger partial charge in [0.15, 0.2) is 5.78 Å². The normalized spacial score (nSPS) is 41.1. The van der Waals surface area contributed by atoms with Crippen molar-refractivity contribution in [3.05, 3.63) is 42.0 Å². The molecule has 0 unspecified atom stereocenters. The van der Waals surface area contributed by atoms with E-state index in [-0.39, 0.29) is 29.8 Å². The monoisotopic (exact) mass is 242 g/mol. The van der Waals surface area contributed by atoms with E-state index in [4.69, 9.17) is 4.74 Å². The van der Waals surface area contributed by atoms with E-state index in [1.807, 2.05) is 30.3 Å². The third kappa shape index (κ3) is 1.23. The maximum Gasteiger partial charge on any atom is 0.169 e. The fraction of sp³-hybridized carbons (Fsp3) is 0.400. The Kier molecular flexibility index (Phi) is 2.05. The Hall–Kier alpha value is -1.45. The van der Waals surface area contributed by atoms with Gasteiger partial charge in [-0.05, 0) is 5.56 Å². The highest BCUT2D eigenvalue weighted by Gasteiger charge is 2.58. The van der Waals surface area contributed by atoms with Crippen molar-refractivity contribution < 1.29 is 14.6 Å². The van der Waals surface area contributed by atoms with Gasteiger partial charge in [0, 0.05) is 17.9 Å². The van der Waals surface area contributed by atoms with Crippen LogP contribution in [0.3, 0.4) is 0 Å². The number of aliphatic hydroxyl groups excluding tert-OH is 1. The Morgan fingerprint density at radius 1 is 1.22 bits per heavy atom. The summed E-state index contributed by atoms with van der Waals surface area (Å²) in [6.07, 6.45) is 1.99. The van der Waals surface area contributed by atoms with Crippen LogP contribution in [0.4, 0.5) is 0 Å². The van der Waals surface area contributed by atoms with Crippen molar-refractivity contribution in [2.75, 3.05) is 0 Å². The van der Waals surface area contributed by atoms with Crippen LogP contribution in [0.1, 0.15) is 12.0 Å². The zero-order valence-corrected chi connectivity index (χ0v) is 9.82. The number of aliphatic hydroxyl groups is 1. The summed E-state index contributed by atoms with van der Waals surface area (Å²) in [5.74, 6) is 0.146. The molecule has 0 spiro atoms. The van der Waals surface area contributed by atoms with Crippen molar-refractivity contribution in [3.63, 3.8) is 0 Å². The Balaban J connectivity index is 1.73. The van der Waals surface area contributed by atoms with Gasteiger partial charge >= 0.3 is 0 Å². The predicted molar refractivity (Wildman–Crippen MR) is 65.7 cm³/mol. The van der Waals surface area contributed by atoms with E-state index in [2.05, 4.69) is 6.08 Å². The molecular weight excluding hydrogens is 228 g/mol. The summed E-state index contributed by atoms with van der Waals surface area (Å²) in [6.45, 7) is 0. The lowest BCUT2D eigenvalue weighted by molar-refractivity contribution is -0.120. The molecule has 0 saturated carbocycles. The number of hydrogen-bond donors (Lipinski definition) is 1. The Morgan fingerprint density at radius 2 is 2.00 bits per heavy atom. The van der Waals surface area contributed by atoms with Gasteiger partial charge < -0.3 is 9.84 Å². The van der Waals surface area contributed by atoms with Crippen molar-refractivity contribution in [2.45, 2.75) is 24.7 Å². The van der Waals surface area contributed by atoms with E-state index < -0.39 is 6.10 Å². The van der Waals surface area contributed by atoms with Gasteiger partial charge in [0.2, 0.25) is 0 Å². The molecule has 3 heteroatoms. The molecular formula is C15H14O3. The fourth-order valence-corrected chi connectivity index (χ4v) is 3.59. The van der Waals surface area contributed by atoms with Gasteiger partial charge in [-0.3, -0.25) is 4.79 Å². The number of hydrogen-bond acceptors (Lipinski definition) is 3. The van der Waals surface area contributed by atoms with Crippen LogP contribution in [0, 0.1) is 11.8 Å². The number of benzene rings is 1. The second kappa shape index (κ2) is 3.53. The van der Waals surface area contributed by atoms with Gasteiger partial charge in [-0.1, -0.05) is 36.4 Å². The Morgan fingerprint density at radius 3 is 2.78 bits per heavy atom. The predicted octanol–water partition coefficient (Wildman–Crippen LogP) is 1.42. The van der Waals surface area contributed by atoms with Crippen molar-refractivity contribution in [1.29, 1.82) is 0 Å². The maximum absolute atomic E-state index is 12.5. The van der Waals surface area contributed by atoms with Gasteiger partial charge in [0.1, 0.15) is 0 Å². The minimum Gasteiger partial charge on any atom is -0.390 e. The first-order chi connectivity index (χ1) is 8.75. The topological polar surface area (TPSA) is 46.5 Å². The van der Waals surface area contributed by atoms with Crippen molar-refractivity contribution in [3.8, 4) is 0 Å². The smallest absolute Gasteiger partial charge is 0.169 e. The maximum atomic E-state index is 12.5. The van der Waals surface area contributed by atoms with Crippen LogP contribution < -0.4 is 0 Å². The van der Waals surface area contributed by atoms with E-state index in [1.165, 1.54) is 0 Å². The third-order valence-corrected chi connectivity index (χ3v) is 4.39. The first kappa shape index (κ1) is 10.5. The fourth-order valence-electron chi connectivity index (χ4n) is 3.59. The van der Waals surface area contributed by atoms with Crippen LogP contribution in [0.2, 0.25) is 0 Å². The number of allylic oxidation sites excluding steroid dienone is 1. The van der Waals surface area contributed by atoms with Crippen LogP contribution in [0.5, 0.6) is 0 Å². The summed E-state index contributed by atoms with van der Waals surface area (Å²) in [6, 6.07) is 9.75. The second-order valence-electron chi connectivity index (χ2n) is 5.36. The molecule has 92 valence electrons. The number of fused-ring (bicyclic) bond motifs is 5. The van der Waals surface area contributed by atoms with Gasteiger partial charge in [-0.15, -0.1) is 0 Å². The molecule has 1 aromatic rings. The summed E-state index contributed by atoms with van der Waals surface area (Å²) < 4.78 is 5.69. The molecule has 1 aliphatic carbocycles. The average Bonchev–Trinajstić information content (AvgIpc) is 3.02. The summed E-state index contributed by atoms with van der Waals surface area (Å²) in [5, 5.41) is 9.84. The lowest BCUT2D eigenvalue weighted by atomic mass is 9.79. The highest BCUT2D eigenvalue weighted by atomic mass is 16.5. The largest absolute Gasteiger partial charge is 0.390 e. The molecule has 1 N–H and O–H groups in total. The minimum atomic E-state index is -0.469. The summed E-state index contributed by atoms with van der Waals surface area (Å²) in [5.41, 5.74) is 1.78. The van der Waals surface area contributed by atoms with Gasteiger partial charge in [-0.2, -0.15) is 0 Å². The highest BCUT2D eigenvalue weighted by Crippen LogP contribution is 2.50. The molecule has 0 aromatic heterocycles. The number of ketones is 1. The molecule has 3 aliphatic rings. The molecule has 4 rings (SSSR count). The first-order valence-corrected chi connectivity index (χ1v) is 6.40. The number of ether oxygens (including phenoxy) is 1. The van der Waals surface area contributed by atoms with Gasteiger partial charge in [-0.25, -0.2) is 0 Å². The van der Waals surface area contributed by atoms with Crippen molar-refractivity contribution in [1.82, 2.24) is 0 Å². The molecule has 5 atom stereocenters. The second-order valence-corrected chi connectivity index (χ2v) is 5.36. The van der Waals surface area contributed by atoms with Crippen LogP contribution in [-0.4, -0.2) is 29.2 Å². The van der Waals surface area contributed by atoms with Crippen LogP contribution in [0.25, 0.3) is 5.57 Å². The van der Waals surface area contributed by atoms with E-state index in [0.29, 0.717) is 6.42 Å². The minimum absolute atomic E-state index is 0.0279. The van der Waals surface area contributed by atoms with Crippen LogP contribution >= 0.6 is 0 Å². The zero-order valence-electron chi connectivity index (χ0n) is 9.82. The first-order valence-electron chi connectivity index (χ1n) is 6.40. The number of carbonyl (C=O) groups excluding carboxylic acids is 1. The molecule has 0 amide bonds. The molecule has 2 saturated heterocycles. The standard InChI is InChI=1S/C15H14O3/c16-11-7-12-10-6-9(8-4-2-1-3-5-8)14(17)13(10)15(11)18-12/h1-6,10-13,15-16H,7H2/t10-,11-,12-,13+,15+/m0/s1. The number of Topliss-reactive ketones (excluding diaryl/α,β-unsaturated/α-hetero) is 1. The van der Waals surface area contributed by atoms with Crippen molar-refractivity contribution >= 4 is 11.4 Å². The van der Waals surface area contributed by atoms with E-state index >= 15 is 0 Å². The van der Waals surface area contributed by atoms with E-state index in [1.54, 1.807) is 0 Å². The van der Waals surface area contributed by atoms with Crippen molar-refractivity contribution in [2.24, 2.45) is 11.8 Å². The Labute approximate surface area is 105 Å². The SMILES string of the molecule is O=C1C(c2ccccc2)=C[C@@H]2[C@H]1[C@@H]1O[C@H]2C[C@@H]1O. The lowest BCUT2D eigenvalue weighted by Gasteiger charge is -2.23. The Bertz CT molecular complexity index is 534. The quantitative estimate of drug-likeness (QED) is 0.810. The third-order valence-electron chi connectivity index (χ3n) is 4.39. The molecule has 2 fully saturated rings. The molecule has 2 aliphatic heterocycles. The number of rotatable bonds is 1. The number of carbonyl (C=O) groups is 1. The summed E-state index contributed by atoms with van der Waals surface area (Å²) in [7, 11) is 0. The lowest BCUT2D eigenvalue weighted by Crippen LogP contribution is -2.37. The molecule has 2 bridgehead atoms. The summed E-state index contributed by atoms with van der Waals surface area (Å²) >= 11 is 0. The van der Waals surface area contributed by atoms with Gasteiger partial charge in [0.25, 0.3) is 0 Å². The molecule has 1 aromatic carbocycles. The van der Waals surface area contributed by atoms with Gasteiger partial charge in [0.05, 0.1) is 24.2 Å². The average molecular weight is 242 g/mol. The van der Waals surface area contributed by atoms with Crippen LogP contribution in [0.15, 0.2) is 36.4 Å². The molecule has 2 heterocycles. The molecule has 18 heavy (non-hydrogen) atoms.